The van der Waals surface area contributed by atoms with E-state index in [1.54, 1.807) is 7.05 Å². The third kappa shape index (κ3) is 9.30. The van der Waals surface area contributed by atoms with Crippen molar-refractivity contribution in [2.75, 3.05) is 7.05 Å². The van der Waals surface area contributed by atoms with E-state index in [9.17, 15) is 0 Å². The summed E-state index contributed by atoms with van der Waals surface area (Å²) >= 11 is 8.17. The minimum absolute atomic E-state index is 0. The summed E-state index contributed by atoms with van der Waals surface area (Å²) in [5.41, 5.74) is 0. The van der Waals surface area contributed by atoms with Crippen molar-refractivity contribution in [3.8, 4) is 0 Å². The average molecular weight is 146 g/mol. The van der Waals surface area contributed by atoms with Gasteiger partial charge < -0.3 is 5.32 Å². The molecule has 6 heavy (non-hydrogen) atoms. The molecule has 1 nitrogen and oxygen atoms in total. The fourth-order valence-corrected chi connectivity index (χ4v) is 0. The molecular formula is C2H5KNS2. The molecule has 4 heteroatoms. The zero-order valence-electron chi connectivity index (χ0n) is 3.86. The molecule has 1 N–H and O–H groups in total. The third-order valence-electron chi connectivity index (χ3n) is 0.214. The van der Waals surface area contributed by atoms with Crippen LogP contribution in [0.5, 0.6) is 0 Å². The fraction of sp³-hybridized carbons (Fsp3) is 0.500. The van der Waals surface area contributed by atoms with E-state index in [0.29, 0.717) is 4.32 Å². The predicted molar refractivity (Wildman–Crippen MR) is 36.4 cm³/mol. The topological polar surface area (TPSA) is 12.0 Å². The van der Waals surface area contributed by atoms with Crippen LogP contribution in [0.2, 0.25) is 0 Å². The number of thiocarbonyl (C=S) groups is 1. The molecule has 0 aliphatic carbocycles. The van der Waals surface area contributed by atoms with Gasteiger partial charge in [-0.1, -0.05) is 12.2 Å². The number of nitrogens with one attached hydrogen (secondary N) is 1. The van der Waals surface area contributed by atoms with Crippen molar-refractivity contribution in [3.05, 3.63) is 0 Å². The van der Waals surface area contributed by atoms with Gasteiger partial charge in [-0.15, -0.1) is 12.6 Å². The molecule has 31 valence electrons. The van der Waals surface area contributed by atoms with Crippen LogP contribution >= 0.6 is 24.8 Å². The molecule has 0 aromatic heterocycles. The van der Waals surface area contributed by atoms with Gasteiger partial charge in [0.2, 0.25) is 0 Å². The van der Waals surface area contributed by atoms with E-state index in [1.807, 2.05) is 0 Å². The van der Waals surface area contributed by atoms with Gasteiger partial charge in [0, 0.05) is 58.4 Å². The summed E-state index contributed by atoms with van der Waals surface area (Å²) in [6.45, 7) is 0. The third-order valence-corrected chi connectivity index (χ3v) is 0.642. The molecule has 0 aromatic carbocycles. The second-order valence-corrected chi connectivity index (χ2v) is 1.71. The van der Waals surface area contributed by atoms with Gasteiger partial charge in [0.25, 0.3) is 0 Å². The van der Waals surface area contributed by atoms with Crippen LogP contribution in [0, 0.1) is 0 Å². The smallest absolute Gasteiger partial charge is 0.130 e. The van der Waals surface area contributed by atoms with Crippen molar-refractivity contribution in [1.29, 1.82) is 0 Å². The average Bonchev–Trinajstić information content (AvgIpc) is 1.38. The SMILES string of the molecule is CNC(=S)S.[K]. The van der Waals surface area contributed by atoms with Gasteiger partial charge in [0.1, 0.15) is 4.32 Å². The monoisotopic (exact) mass is 146 g/mol. The Bertz CT molecular complexity index is 46.8. The summed E-state index contributed by atoms with van der Waals surface area (Å²) in [7, 11) is 1.73. The molecule has 0 amide bonds. The maximum atomic E-state index is 4.45. The molecular weight excluding hydrogens is 141 g/mol. The molecule has 0 atom stereocenters. The molecule has 0 aliphatic rings. The Morgan fingerprint density at radius 3 is 2.00 bits per heavy atom. The quantitative estimate of drug-likeness (QED) is 0.284. The van der Waals surface area contributed by atoms with Gasteiger partial charge in [-0.3, -0.25) is 0 Å². The first-order chi connectivity index (χ1) is 2.27. The molecule has 0 rings (SSSR count). The minimum atomic E-state index is 0. The Labute approximate surface area is 91.1 Å². The van der Waals surface area contributed by atoms with Crippen molar-refractivity contribution < 1.29 is 0 Å². The van der Waals surface area contributed by atoms with Crippen LogP contribution in [0.4, 0.5) is 0 Å². The van der Waals surface area contributed by atoms with E-state index < -0.39 is 0 Å². The van der Waals surface area contributed by atoms with E-state index >= 15 is 0 Å². The first-order valence-corrected chi connectivity index (χ1v) is 2.03. The van der Waals surface area contributed by atoms with Crippen LogP contribution in [-0.4, -0.2) is 62.8 Å². The Morgan fingerprint density at radius 2 is 2.00 bits per heavy atom. The van der Waals surface area contributed by atoms with Gasteiger partial charge in [0.05, 0.1) is 0 Å². The summed E-state index contributed by atoms with van der Waals surface area (Å²) in [6.07, 6.45) is 0. The minimum Gasteiger partial charge on any atom is -0.374 e. The van der Waals surface area contributed by atoms with Gasteiger partial charge in [-0.2, -0.15) is 0 Å². The van der Waals surface area contributed by atoms with E-state index in [4.69, 9.17) is 0 Å². The Balaban J connectivity index is 0. The number of hydrogen-bond acceptors (Lipinski definition) is 1. The molecule has 0 aromatic rings. The van der Waals surface area contributed by atoms with E-state index in [1.165, 1.54) is 0 Å². The van der Waals surface area contributed by atoms with Crippen molar-refractivity contribution in [3.63, 3.8) is 0 Å². The molecule has 1 radical (unpaired) electrons. The molecule has 0 unspecified atom stereocenters. The van der Waals surface area contributed by atoms with Gasteiger partial charge >= 0.3 is 0 Å². The van der Waals surface area contributed by atoms with E-state index in [-0.39, 0.29) is 51.4 Å². The van der Waals surface area contributed by atoms with E-state index in [2.05, 4.69) is 30.2 Å². The maximum absolute atomic E-state index is 4.45. The molecule has 0 saturated heterocycles. The molecule has 0 heterocycles. The van der Waals surface area contributed by atoms with Crippen molar-refractivity contribution in [2.45, 2.75) is 0 Å². The maximum Gasteiger partial charge on any atom is 0.130 e. The van der Waals surface area contributed by atoms with Crippen LogP contribution in [0.3, 0.4) is 0 Å². The molecule has 0 saturated carbocycles. The Hall–Kier alpha value is 1.88. The van der Waals surface area contributed by atoms with Crippen molar-refractivity contribution in [1.82, 2.24) is 5.32 Å². The fourth-order valence-electron chi connectivity index (χ4n) is 0. The van der Waals surface area contributed by atoms with Crippen molar-refractivity contribution in [2.24, 2.45) is 0 Å². The summed E-state index contributed by atoms with van der Waals surface area (Å²) in [6, 6.07) is 0. The number of hydrogen-bond donors (Lipinski definition) is 2. The molecule has 0 bridgehead atoms. The Kier molecular flexibility index (Phi) is 12.4. The summed E-state index contributed by atoms with van der Waals surface area (Å²) in [5.74, 6) is 0. The van der Waals surface area contributed by atoms with Gasteiger partial charge in [-0.05, 0) is 0 Å². The van der Waals surface area contributed by atoms with Crippen LogP contribution in [0.25, 0.3) is 0 Å². The number of thiol groups is 1. The van der Waals surface area contributed by atoms with E-state index in [0.717, 1.165) is 0 Å². The largest absolute Gasteiger partial charge is 0.374 e. The van der Waals surface area contributed by atoms with Crippen LogP contribution < -0.4 is 5.32 Å². The number of rotatable bonds is 0. The molecule has 0 aliphatic heterocycles. The van der Waals surface area contributed by atoms with Gasteiger partial charge in [-0.25, -0.2) is 0 Å². The summed E-state index contributed by atoms with van der Waals surface area (Å²) in [4.78, 5) is 0. The molecule has 0 fully saturated rings. The molecule has 0 spiro atoms. The van der Waals surface area contributed by atoms with Crippen molar-refractivity contribution >= 4 is 80.6 Å². The summed E-state index contributed by atoms with van der Waals surface area (Å²) in [5, 5.41) is 2.62. The van der Waals surface area contributed by atoms with Crippen LogP contribution in [0.1, 0.15) is 0 Å². The first kappa shape index (κ1) is 10.8. The zero-order chi connectivity index (χ0) is 4.28. The standard InChI is InChI=1S/C2H5NS2.K/c1-3-2(4)5;/h1H3,(H2,3,4,5);. The zero-order valence-corrected chi connectivity index (χ0v) is 8.69. The second-order valence-electron chi connectivity index (χ2n) is 0.555. The van der Waals surface area contributed by atoms with Crippen LogP contribution in [-0.2, 0) is 0 Å². The van der Waals surface area contributed by atoms with Gasteiger partial charge in [0.15, 0.2) is 0 Å². The first-order valence-electron chi connectivity index (χ1n) is 1.18. The van der Waals surface area contributed by atoms with Crippen LogP contribution in [0.15, 0.2) is 0 Å². The second kappa shape index (κ2) is 6.88. The normalized spacial score (nSPS) is 5.67. The predicted octanol–water partition coefficient (Wildman–Crippen LogP) is 0.0397. The summed E-state index contributed by atoms with van der Waals surface area (Å²) < 4.78 is 0.532. The Morgan fingerprint density at radius 1 is 1.83 bits per heavy atom.